The monoisotopic (exact) mass is 492 g/mol. The molecule has 1 aliphatic carbocycles. The highest BCUT2D eigenvalue weighted by Gasteiger charge is 2.61. The highest BCUT2D eigenvalue weighted by atomic mass is 35.5. The molecule has 2 aromatic rings. The summed E-state index contributed by atoms with van der Waals surface area (Å²) in [6.07, 6.45) is 0.702. The molecule has 0 fully saturated rings. The molecule has 34 heavy (non-hydrogen) atoms. The maximum atomic E-state index is 13.8. The number of fused-ring (bicyclic) bond motifs is 3. The molecule has 2 heterocycles. The van der Waals surface area contributed by atoms with Crippen LogP contribution in [0.1, 0.15) is 37.8 Å². The van der Waals surface area contributed by atoms with E-state index in [2.05, 4.69) is 11.4 Å². The first-order valence-corrected chi connectivity index (χ1v) is 11.6. The van der Waals surface area contributed by atoms with E-state index >= 15 is 0 Å². The molecule has 8 heteroatoms. The van der Waals surface area contributed by atoms with E-state index in [-0.39, 0.29) is 34.6 Å². The molecule has 5 rings (SSSR count). The number of hydrogen-bond donors (Lipinski definition) is 2. The number of nitriles is 1. The zero-order valence-electron chi connectivity index (χ0n) is 18.9. The van der Waals surface area contributed by atoms with Crippen LogP contribution in [-0.2, 0) is 15.0 Å². The lowest BCUT2D eigenvalue weighted by Gasteiger charge is -2.46. The number of halogens is 2. The van der Waals surface area contributed by atoms with Crippen LogP contribution in [0.15, 0.2) is 59.1 Å². The van der Waals surface area contributed by atoms with E-state index in [0.717, 1.165) is 0 Å². The molecule has 1 atom stereocenters. The summed E-state index contributed by atoms with van der Waals surface area (Å²) in [5.74, 6) is -0.596. The summed E-state index contributed by atoms with van der Waals surface area (Å²) in [5.41, 5.74) is 7.75. The van der Waals surface area contributed by atoms with Crippen molar-refractivity contribution in [1.29, 1.82) is 5.26 Å². The van der Waals surface area contributed by atoms with E-state index < -0.39 is 11.3 Å². The van der Waals surface area contributed by atoms with Gasteiger partial charge in [0.05, 0.1) is 22.0 Å². The highest BCUT2D eigenvalue weighted by molar-refractivity contribution is 6.34. The molecule has 1 unspecified atom stereocenters. The van der Waals surface area contributed by atoms with Crippen LogP contribution in [0.25, 0.3) is 0 Å². The van der Waals surface area contributed by atoms with Gasteiger partial charge in [-0.15, -0.1) is 0 Å². The third kappa shape index (κ3) is 2.81. The Morgan fingerprint density at radius 2 is 1.79 bits per heavy atom. The molecule has 0 radical (unpaired) electrons. The van der Waals surface area contributed by atoms with Crippen molar-refractivity contribution in [3.8, 4) is 6.07 Å². The zero-order chi connectivity index (χ0) is 24.6. The van der Waals surface area contributed by atoms with Crippen LogP contribution in [-0.4, -0.2) is 11.7 Å². The lowest BCUT2D eigenvalue weighted by Crippen LogP contribution is -2.52. The van der Waals surface area contributed by atoms with Crippen LogP contribution >= 0.6 is 23.2 Å². The average molecular weight is 493 g/mol. The van der Waals surface area contributed by atoms with Crippen molar-refractivity contribution in [3.63, 3.8) is 0 Å². The maximum Gasteiger partial charge on any atom is 0.245 e. The number of nitrogens with two attached hydrogens (primary N) is 1. The number of amides is 1. The lowest BCUT2D eigenvalue weighted by molar-refractivity contribution is -0.123. The van der Waals surface area contributed by atoms with Crippen LogP contribution in [0.5, 0.6) is 0 Å². The number of ketones is 1. The molecule has 0 aromatic heterocycles. The molecule has 0 saturated heterocycles. The number of hydrogen-bond acceptors (Lipinski definition) is 5. The van der Waals surface area contributed by atoms with Gasteiger partial charge in [-0.25, -0.2) is 0 Å². The predicted octanol–water partition coefficient (Wildman–Crippen LogP) is 5.35. The molecular formula is C26H22Cl2N4O2. The van der Waals surface area contributed by atoms with Crippen molar-refractivity contribution in [3.05, 3.63) is 80.2 Å². The molecule has 172 valence electrons. The summed E-state index contributed by atoms with van der Waals surface area (Å²) in [6.45, 7) is 5.79. The Kier molecular flexibility index (Phi) is 4.88. The van der Waals surface area contributed by atoms with Gasteiger partial charge in [0.1, 0.15) is 17.3 Å². The van der Waals surface area contributed by atoms with Crippen molar-refractivity contribution in [2.24, 2.45) is 11.1 Å². The lowest BCUT2D eigenvalue weighted by atomic mass is 9.60. The van der Waals surface area contributed by atoms with Crippen LogP contribution in [0.3, 0.4) is 0 Å². The summed E-state index contributed by atoms with van der Waals surface area (Å²) in [7, 11) is 0. The standard InChI is InChI=1S/C26H22Cl2N4O2/c1-13-16(27)9-8-14-22(13)31-24(34)26(14)15(12-29)23(30)32(18-7-5-4-6-17(18)28)19-10-25(2,3)11-20(33)21(19)26/h4-9H,10-11,30H2,1-3H3,(H,31,34). The summed E-state index contributed by atoms with van der Waals surface area (Å²) < 4.78 is 0. The molecule has 1 spiro atoms. The van der Waals surface area contributed by atoms with E-state index in [9.17, 15) is 14.9 Å². The van der Waals surface area contributed by atoms with Crippen LogP contribution < -0.4 is 16.0 Å². The average Bonchev–Trinajstić information content (AvgIpc) is 3.04. The van der Waals surface area contributed by atoms with Crippen molar-refractivity contribution in [1.82, 2.24) is 0 Å². The number of carbonyl (C=O) groups excluding carboxylic acids is 2. The molecule has 0 bridgehead atoms. The number of benzene rings is 2. The second kappa shape index (κ2) is 7.36. The Bertz CT molecular complexity index is 1420. The summed E-state index contributed by atoms with van der Waals surface area (Å²) in [6, 6.07) is 12.7. The van der Waals surface area contributed by atoms with E-state index in [1.54, 1.807) is 42.2 Å². The van der Waals surface area contributed by atoms with Crippen molar-refractivity contribution in [2.45, 2.75) is 39.0 Å². The topological polar surface area (TPSA) is 99.2 Å². The predicted molar refractivity (Wildman–Crippen MR) is 132 cm³/mol. The number of anilines is 2. The van der Waals surface area contributed by atoms with Gasteiger partial charge in [0.25, 0.3) is 0 Å². The van der Waals surface area contributed by atoms with Crippen LogP contribution in [0, 0.1) is 23.7 Å². The van der Waals surface area contributed by atoms with Gasteiger partial charge < -0.3 is 11.1 Å². The third-order valence-corrected chi connectivity index (χ3v) is 7.69. The fourth-order valence-electron chi connectivity index (χ4n) is 5.51. The van der Waals surface area contributed by atoms with E-state index in [0.29, 0.717) is 44.7 Å². The van der Waals surface area contributed by atoms with Crippen molar-refractivity contribution in [2.75, 3.05) is 10.2 Å². The summed E-state index contributed by atoms with van der Waals surface area (Å²) in [4.78, 5) is 29.4. The SMILES string of the molecule is Cc1c(Cl)ccc2c1NC(=O)C21C(C#N)=C(N)N(c2ccccc2Cl)C2=C1C(=O)CC(C)(C)C2. The molecule has 6 nitrogen and oxygen atoms in total. The van der Waals surface area contributed by atoms with E-state index in [1.165, 1.54) is 0 Å². The highest BCUT2D eigenvalue weighted by Crippen LogP contribution is 2.58. The fourth-order valence-corrected chi connectivity index (χ4v) is 5.89. The van der Waals surface area contributed by atoms with Crippen LogP contribution in [0.4, 0.5) is 11.4 Å². The first kappa shape index (κ1) is 22.5. The minimum absolute atomic E-state index is 0.00259. The van der Waals surface area contributed by atoms with Gasteiger partial charge in [-0.2, -0.15) is 5.26 Å². The minimum Gasteiger partial charge on any atom is -0.384 e. The molecule has 2 aliphatic heterocycles. The largest absolute Gasteiger partial charge is 0.384 e. The molecule has 3 aliphatic rings. The molecular weight excluding hydrogens is 471 g/mol. The molecule has 3 N–H and O–H groups in total. The Hall–Kier alpha value is -3.27. The number of Topliss-reactive ketones (excluding diaryl/α,β-unsaturated/α-hetero) is 1. The normalized spacial score (nSPS) is 23.1. The van der Waals surface area contributed by atoms with Gasteiger partial charge >= 0.3 is 0 Å². The van der Waals surface area contributed by atoms with Crippen LogP contribution in [0.2, 0.25) is 10.0 Å². The third-order valence-electron chi connectivity index (χ3n) is 6.96. The Labute approximate surface area is 207 Å². The van der Waals surface area contributed by atoms with Gasteiger partial charge in [0.2, 0.25) is 5.91 Å². The molecule has 0 saturated carbocycles. The zero-order valence-corrected chi connectivity index (χ0v) is 20.4. The second-order valence-electron chi connectivity index (χ2n) is 9.72. The first-order chi connectivity index (χ1) is 16.0. The number of nitrogens with zero attached hydrogens (tertiary/aromatic N) is 2. The Morgan fingerprint density at radius 1 is 1.09 bits per heavy atom. The first-order valence-electron chi connectivity index (χ1n) is 10.9. The maximum absolute atomic E-state index is 13.8. The number of allylic oxidation sites excluding steroid dienone is 1. The van der Waals surface area contributed by atoms with Gasteiger partial charge in [0, 0.05) is 28.3 Å². The Balaban J connectivity index is 1.93. The smallest absolute Gasteiger partial charge is 0.245 e. The van der Waals surface area contributed by atoms with E-state index in [4.69, 9.17) is 28.9 Å². The van der Waals surface area contributed by atoms with Crippen molar-refractivity contribution >= 4 is 46.3 Å². The van der Waals surface area contributed by atoms with Gasteiger partial charge in [-0.05, 0) is 42.5 Å². The van der Waals surface area contributed by atoms with E-state index in [1.807, 2.05) is 19.9 Å². The van der Waals surface area contributed by atoms with Gasteiger partial charge in [0.15, 0.2) is 5.78 Å². The number of carbonyl (C=O) groups is 2. The summed E-state index contributed by atoms with van der Waals surface area (Å²) >= 11 is 12.9. The Morgan fingerprint density at radius 3 is 2.47 bits per heavy atom. The number of para-hydroxylation sites is 1. The van der Waals surface area contributed by atoms with Gasteiger partial charge in [-0.3, -0.25) is 14.5 Å². The van der Waals surface area contributed by atoms with Crippen molar-refractivity contribution < 1.29 is 9.59 Å². The van der Waals surface area contributed by atoms with Gasteiger partial charge in [-0.1, -0.05) is 55.2 Å². The quantitative estimate of drug-likeness (QED) is 0.558. The molecule has 2 aromatic carbocycles. The second-order valence-corrected chi connectivity index (χ2v) is 10.5. The number of nitrogens with one attached hydrogen (secondary N) is 1. The number of rotatable bonds is 1. The minimum atomic E-state index is -1.65. The summed E-state index contributed by atoms with van der Waals surface area (Å²) in [5, 5.41) is 14.2. The molecule has 1 amide bonds. The fraction of sp³-hybridized carbons (Fsp3) is 0.269.